The number of aryl methyl sites for hydroxylation is 1. The smallest absolute Gasteiger partial charge is 0.145 e. The average molecular weight is 302 g/mol. The molecule has 1 N–H and O–H groups in total. The molecule has 1 aliphatic rings. The Hall–Kier alpha value is -1.69. The third kappa shape index (κ3) is 3.74. The number of rotatable bonds is 5. The number of benzene rings is 1. The van der Waals surface area contributed by atoms with Crippen molar-refractivity contribution in [1.29, 1.82) is 0 Å². The van der Waals surface area contributed by atoms with E-state index in [1.807, 2.05) is 37.3 Å². The lowest BCUT2D eigenvalue weighted by Gasteiger charge is -2.28. The molecule has 1 aromatic heterocycles. The Bertz CT molecular complexity index is 626. The molecule has 5 heteroatoms. The number of pyridine rings is 1. The standard InChI is InChI=1S/C17H22N2O3/c1-13-5-6-14-3-2-4-16(17(14)18-13)22-12-15(20)11-19-7-9-21-10-8-19/h2-6,15,20H,7-12H2,1H3/t15-/m1/s1. The zero-order valence-electron chi connectivity index (χ0n) is 12.9. The van der Waals surface area contributed by atoms with Gasteiger partial charge >= 0.3 is 0 Å². The van der Waals surface area contributed by atoms with Gasteiger partial charge in [0.05, 0.1) is 13.2 Å². The van der Waals surface area contributed by atoms with E-state index in [0.717, 1.165) is 48.6 Å². The van der Waals surface area contributed by atoms with E-state index in [9.17, 15) is 5.11 Å². The molecule has 0 aliphatic carbocycles. The van der Waals surface area contributed by atoms with Crippen LogP contribution in [0, 0.1) is 6.92 Å². The first-order chi connectivity index (χ1) is 10.7. The van der Waals surface area contributed by atoms with Crippen LogP contribution >= 0.6 is 0 Å². The zero-order chi connectivity index (χ0) is 15.4. The normalized spacial score (nSPS) is 17.5. The second-order valence-corrected chi connectivity index (χ2v) is 5.66. The van der Waals surface area contributed by atoms with Crippen LogP contribution in [-0.2, 0) is 4.74 Å². The minimum Gasteiger partial charge on any atom is -0.489 e. The van der Waals surface area contributed by atoms with Crippen molar-refractivity contribution in [2.75, 3.05) is 39.5 Å². The number of β-amino-alcohol motifs (C(OH)–C–C–N with tert-alkyl or cyclic N) is 1. The van der Waals surface area contributed by atoms with E-state index < -0.39 is 6.10 Å². The fourth-order valence-electron chi connectivity index (χ4n) is 2.65. The van der Waals surface area contributed by atoms with Gasteiger partial charge in [-0.3, -0.25) is 4.90 Å². The van der Waals surface area contributed by atoms with Crippen molar-refractivity contribution in [3.8, 4) is 5.75 Å². The van der Waals surface area contributed by atoms with Crippen LogP contribution in [-0.4, -0.2) is 60.5 Å². The summed E-state index contributed by atoms with van der Waals surface area (Å²) < 4.78 is 11.1. The predicted octanol–water partition coefficient (Wildman–Crippen LogP) is 1.62. The number of aliphatic hydroxyl groups excluding tert-OH is 1. The van der Waals surface area contributed by atoms with Crippen LogP contribution < -0.4 is 4.74 Å². The SMILES string of the molecule is Cc1ccc2cccc(OC[C@H](O)CN3CCOCC3)c2n1. The Morgan fingerprint density at radius 3 is 2.91 bits per heavy atom. The maximum atomic E-state index is 10.2. The number of aliphatic hydroxyl groups is 1. The number of nitrogens with zero attached hydrogens (tertiary/aromatic N) is 2. The highest BCUT2D eigenvalue weighted by atomic mass is 16.5. The van der Waals surface area contributed by atoms with E-state index in [-0.39, 0.29) is 6.61 Å². The summed E-state index contributed by atoms with van der Waals surface area (Å²) >= 11 is 0. The summed E-state index contributed by atoms with van der Waals surface area (Å²) in [6.07, 6.45) is -0.516. The first-order valence-corrected chi connectivity index (χ1v) is 7.70. The van der Waals surface area contributed by atoms with Gasteiger partial charge in [0.15, 0.2) is 0 Å². The number of aromatic nitrogens is 1. The van der Waals surface area contributed by atoms with Crippen LogP contribution in [0.15, 0.2) is 30.3 Å². The minimum atomic E-state index is -0.516. The van der Waals surface area contributed by atoms with Gasteiger partial charge in [-0.1, -0.05) is 18.2 Å². The highest BCUT2D eigenvalue weighted by molar-refractivity contribution is 5.84. The Morgan fingerprint density at radius 1 is 1.27 bits per heavy atom. The molecule has 3 rings (SSSR count). The first-order valence-electron chi connectivity index (χ1n) is 7.70. The summed E-state index contributed by atoms with van der Waals surface area (Å²) in [6, 6.07) is 9.88. The lowest BCUT2D eigenvalue weighted by atomic mass is 10.2. The van der Waals surface area contributed by atoms with Gasteiger partial charge in [0, 0.05) is 30.7 Å². The topological polar surface area (TPSA) is 54.8 Å². The summed E-state index contributed by atoms with van der Waals surface area (Å²) in [5.74, 6) is 0.724. The molecular weight excluding hydrogens is 280 g/mol. The number of ether oxygens (including phenoxy) is 2. The fraction of sp³-hybridized carbons (Fsp3) is 0.471. The Labute approximate surface area is 130 Å². The summed E-state index contributed by atoms with van der Waals surface area (Å²) in [5.41, 5.74) is 1.80. The van der Waals surface area contributed by atoms with Crippen LogP contribution in [0.2, 0.25) is 0 Å². The maximum absolute atomic E-state index is 10.2. The average Bonchev–Trinajstić information content (AvgIpc) is 2.54. The third-order valence-electron chi connectivity index (χ3n) is 3.83. The van der Waals surface area contributed by atoms with E-state index in [4.69, 9.17) is 9.47 Å². The van der Waals surface area contributed by atoms with Gasteiger partial charge in [0.25, 0.3) is 0 Å². The van der Waals surface area contributed by atoms with Crippen LogP contribution in [0.5, 0.6) is 5.75 Å². The number of hydrogen-bond acceptors (Lipinski definition) is 5. The number of morpholine rings is 1. The van der Waals surface area contributed by atoms with Gasteiger partial charge in [-0.2, -0.15) is 0 Å². The van der Waals surface area contributed by atoms with Crippen LogP contribution in [0.3, 0.4) is 0 Å². The van der Waals surface area contributed by atoms with Crippen LogP contribution in [0.4, 0.5) is 0 Å². The molecule has 2 aromatic rings. The van der Waals surface area contributed by atoms with Crippen LogP contribution in [0.1, 0.15) is 5.69 Å². The van der Waals surface area contributed by atoms with Gasteiger partial charge in [0.1, 0.15) is 24.0 Å². The van der Waals surface area contributed by atoms with Crippen molar-refractivity contribution in [3.63, 3.8) is 0 Å². The number of para-hydroxylation sites is 1. The molecule has 0 radical (unpaired) electrons. The van der Waals surface area contributed by atoms with Gasteiger partial charge < -0.3 is 14.6 Å². The van der Waals surface area contributed by atoms with Gasteiger partial charge in [-0.05, 0) is 19.1 Å². The fourth-order valence-corrected chi connectivity index (χ4v) is 2.65. The third-order valence-corrected chi connectivity index (χ3v) is 3.83. The zero-order valence-corrected chi connectivity index (χ0v) is 12.9. The Kier molecular flexibility index (Phi) is 4.87. The lowest BCUT2D eigenvalue weighted by Crippen LogP contribution is -2.42. The molecule has 0 spiro atoms. The van der Waals surface area contributed by atoms with Crippen molar-refractivity contribution >= 4 is 10.9 Å². The molecule has 1 fully saturated rings. The van der Waals surface area contributed by atoms with Crippen molar-refractivity contribution < 1.29 is 14.6 Å². The Balaban J connectivity index is 1.62. The van der Waals surface area contributed by atoms with E-state index in [1.54, 1.807) is 0 Å². The highest BCUT2D eigenvalue weighted by Crippen LogP contribution is 2.24. The molecule has 0 amide bonds. The molecule has 1 atom stereocenters. The molecule has 2 heterocycles. The molecule has 0 unspecified atom stereocenters. The van der Waals surface area contributed by atoms with Gasteiger partial charge in [-0.25, -0.2) is 4.98 Å². The molecule has 0 saturated carbocycles. The van der Waals surface area contributed by atoms with E-state index >= 15 is 0 Å². The van der Waals surface area contributed by atoms with Gasteiger partial charge in [-0.15, -0.1) is 0 Å². The molecule has 1 aromatic carbocycles. The highest BCUT2D eigenvalue weighted by Gasteiger charge is 2.15. The largest absolute Gasteiger partial charge is 0.489 e. The first kappa shape index (κ1) is 15.2. The molecule has 118 valence electrons. The summed E-state index contributed by atoms with van der Waals surface area (Å²) in [5, 5.41) is 11.2. The van der Waals surface area contributed by atoms with Crippen molar-refractivity contribution in [3.05, 3.63) is 36.0 Å². The second kappa shape index (κ2) is 7.05. The summed E-state index contributed by atoms with van der Waals surface area (Å²) in [4.78, 5) is 6.73. The van der Waals surface area contributed by atoms with Gasteiger partial charge in [0.2, 0.25) is 0 Å². The molecular formula is C17H22N2O3. The van der Waals surface area contributed by atoms with E-state index in [0.29, 0.717) is 6.54 Å². The molecule has 1 saturated heterocycles. The summed E-state index contributed by atoms with van der Waals surface area (Å²) in [6.45, 7) is 6.05. The van der Waals surface area contributed by atoms with E-state index in [2.05, 4.69) is 9.88 Å². The number of hydrogen-bond donors (Lipinski definition) is 1. The molecule has 5 nitrogen and oxygen atoms in total. The minimum absolute atomic E-state index is 0.270. The molecule has 1 aliphatic heterocycles. The van der Waals surface area contributed by atoms with E-state index in [1.165, 1.54) is 0 Å². The van der Waals surface area contributed by atoms with Crippen LogP contribution in [0.25, 0.3) is 10.9 Å². The summed E-state index contributed by atoms with van der Waals surface area (Å²) in [7, 11) is 0. The second-order valence-electron chi connectivity index (χ2n) is 5.66. The maximum Gasteiger partial charge on any atom is 0.145 e. The molecule has 0 bridgehead atoms. The monoisotopic (exact) mass is 302 g/mol. The quantitative estimate of drug-likeness (QED) is 0.909. The lowest BCUT2D eigenvalue weighted by molar-refractivity contribution is 0.00478. The van der Waals surface area contributed by atoms with Crippen molar-refractivity contribution in [2.45, 2.75) is 13.0 Å². The van der Waals surface area contributed by atoms with Crippen molar-refractivity contribution in [2.24, 2.45) is 0 Å². The number of fused-ring (bicyclic) bond motifs is 1. The predicted molar refractivity (Wildman–Crippen MR) is 85.2 cm³/mol. The van der Waals surface area contributed by atoms with Crippen molar-refractivity contribution in [1.82, 2.24) is 9.88 Å². The molecule has 22 heavy (non-hydrogen) atoms. The Morgan fingerprint density at radius 2 is 2.09 bits per heavy atom.